The van der Waals surface area contributed by atoms with Crippen LogP contribution in [0.15, 0.2) is 54.7 Å². The van der Waals surface area contributed by atoms with Crippen molar-refractivity contribution in [1.29, 1.82) is 0 Å². The molecule has 3 heterocycles. The lowest BCUT2D eigenvalue weighted by atomic mass is 10.1. The van der Waals surface area contributed by atoms with Crippen LogP contribution in [0, 0.1) is 0 Å². The number of nitrogens with zero attached hydrogens (tertiary/aromatic N) is 3. The van der Waals surface area contributed by atoms with Crippen molar-refractivity contribution in [1.82, 2.24) is 9.88 Å². The van der Waals surface area contributed by atoms with Crippen molar-refractivity contribution in [2.75, 3.05) is 55.8 Å². The number of aromatic amines is 1. The first kappa shape index (κ1) is 17.6. The molecule has 2 aliphatic heterocycles. The number of aromatic nitrogens is 1. The lowest BCUT2D eigenvalue weighted by molar-refractivity contribution is 0.0968. The van der Waals surface area contributed by atoms with Gasteiger partial charge >= 0.3 is 0 Å². The highest BCUT2D eigenvalue weighted by Gasteiger charge is 2.19. The van der Waals surface area contributed by atoms with Crippen LogP contribution in [-0.4, -0.2) is 55.8 Å². The van der Waals surface area contributed by atoms with Crippen LogP contribution in [-0.2, 0) is 11.3 Å². The third-order valence-corrected chi connectivity index (χ3v) is 5.99. The quantitative estimate of drug-likeness (QED) is 0.737. The number of anilines is 2. The van der Waals surface area contributed by atoms with Gasteiger partial charge in [-0.15, -0.1) is 0 Å². The average Bonchev–Trinajstić information content (AvgIpc) is 3.22. The molecule has 3 aromatic rings. The summed E-state index contributed by atoms with van der Waals surface area (Å²) in [6.45, 7) is 7.33. The summed E-state index contributed by atoms with van der Waals surface area (Å²) in [7, 11) is 0. The van der Waals surface area contributed by atoms with E-state index in [1.165, 1.54) is 27.8 Å². The molecule has 1 N–H and O–H groups in total. The zero-order valence-electron chi connectivity index (χ0n) is 16.3. The van der Waals surface area contributed by atoms with E-state index in [9.17, 15) is 0 Å². The van der Waals surface area contributed by atoms with Crippen molar-refractivity contribution in [2.45, 2.75) is 12.8 Å². The summed E-state index contributed by atoms with van der Waals surface area (Å²) in [5.41, 5.74) is 5.20. The molecule has 5 heteroatoms. The lowest BCUT2D eigenvalue weighted by Crippen LogP contribution is -2.47. The molecule has 2 aromatic carbocycles. The van der Waals surface area contributed by atoms with Crippen LogP contribution in [0.2, 0.25) is 0 Å². The number of hydrogen-bond acceptors (Lipinski definition) is 4. The number of rotatable bonds is 5. The van der Waals surface area contributed by atoms with Gasteiger partial charge in [0.15, 0.2) is 0 Å². The molecule has 0 radical (unpaired) electrons. The average molecular weight is 377 g/mol. The highest BCUT2D eigenvalue weighted by atomic mass is 16.7. The van der Waals surface area contributed by atoms with Crippen LogP contribution in [0.1, 0.15) is 12.0 Å². The first-order valence-electron chi connectivity index (χ1n) is 10.4. The van der Waals surface area contributed by atoms with Crippen LogP contribution >= 0.6 is 0 Å². The highest BCUT2D eigenvalue weighted by molar-refractivity contribution is 5.83. The Balaban J connectivity index is 1.11. The number of benzene rings is 2. The number of hydrogen-bond donors (Lipinski definition) is 1. The molecule has 1 fully saturated rings. The molecule has 5 rings (SSSR count). The van der Waals surface area contributed by atoms with Gasteiger partial charge in [-0.2, -0.15) is 0 Å². The molecule has 146 valence electrons. The van der Waals surface area contributed by atoms with Gasteiger partial charge in [0, 0.05) is 68.5 Å². The monoisotopic (exact) mass is 376 g/mol. The fourth-order valence-electron chi connectivity index (χ4n) is 4.39. The Kier molecular flexibility index (Phi) is 4.93. The molecule has 5 nitrogen and oxygen atoms in total. The second-order valence-corrected chi connectivity index (χ2v) is 7.75. The van der Waals surface area contributed by atoms with Crippen LogP contribution in [0.5, 0.6) is 0 Å². The van der Waals surface area contributed by atoms with Gasteiger partial charge in [0.1, 0.15) is 0 Å². The van der Waals surface area contributed by atoms with E-state index in [1.807, 2.05) is 6.20 Å². The second-order valence-electron chi connectivity index (χ2n) is 7.75. The van der Waals surface area contributed by atoms with Crippen molar-refractivity contribution in [2.24, 2.45) is 0 Å². The maximum Gasteiger partial charge on any atom is 0.0789 e. The zero-order chi connectivity index (χ0) is 18.8. The van der Waals surface area contributed by atoms with Crippen LogP contribution in [0.3, 0.4) is 0 Å². The summed E-state index contributed by atoms with van der Waals surface area (Å²) in [6, 6.07) is 17.5. The van der Waals surface area contributed by atoms with Gasteiger partial charge in [-0.05, 0) is 42.3 Å². The molecule has 0 spiro atoms. The first-order valence-corrected chi connectivity index (χ1v) is 10.4. The van der Waals surface area contributed by atoms with Crippen LogP contribution in [0.25, 0.3) is 10.9 Å². The number of piperazine rings is 1. The molecule has 0 amide bonds. The third kappa shape index (κ3) is 3.60. The van der Waals surface area contributed by atoms with Gasteiger partial charge in [-0.1, -0.05) is 18.2 Å². The van der Waals surface area contributed by atoms with Crippen molar-refractivity contribution in [3.05, 3.63) is 60.3 Å². The van der Waals surface area contributed by atoms with Gasteiger partial charge < -0.3 is 9.88 Å². The molecule has 0 unspecified atom stereocenters. The van der Waals surface area contributed by atoms with E-state index in [0.29, 0.717) is 0 Å². The maximum absolute atomic E-state index is 5.90. The normalized spacial score (nSPS) is 17.9. The summed E-state index contributed by atoms with van der Waals surface area (Å²) >= 11 is 0. The second kappa shape index (κ2) is 7.86. The van der Waals surface area contributed by atoms with E-state index in [4.69, 9.17) is 4.84 Å². The summed E-state index contributed by atoms with van der Waals surface area (Å²) in [6.07, 6.45) is 4.16. The molecule has 0 bridgehead atoms. The van der Waals surface area contributed by atoms with Gasteiger partial charge in [0.05, 0.1) is 12.3 Å². The minimum atomic E-state index is 0.793. The van der Waals surface area contributed by atoms with Gasteiger partial charge in [0.25, 0.3) is 0 Å². The van der Waals surface area contributed by atoms with E-state index in [-0.39, 0.29) is 0 Å². The molecular formula is C23H28N4O. The Morgan fingerprint density at radius 2 is 1.82 bits per heavy atom. The van der Waals surface area contributed by atoms with Crippen LogP contribution in [0.4, 0.5) is 11.4 Å². The van der Waals surface area contributed by atoms with Gasteiger partial charge in [0.2, 0.25) is 0 Å². The number of fused-ring (bicyclic) bond motifs is 2. The molecule has 0 aliphatic carbocycles. The van der Waals surface area contributed by atoms with E-state index in [0.717, 1.165) is 58.7 Å². The SMILES string of the molecule is c1ccc2c(c1)CCON2CCCN1CCN(c2ccc3[nH]ccc3c2)CC1. The van der Waals surface area contributed by atoms with Crippen molar-refractivity contribution < 1.29 is 4.84 Å². The molecule has 0 atom stereocenters. The highest BCUT2D eigenvalue weighted by Crippen LogP contribution is 2.26. The van der Waals surface area contributed by atoms with Gasteiger partial charge in [-0.3, -0.25) is 14.8 Å². The van der Waals surface area contributed by atoms with E-state index in [2.05, 4.69) is 68.4 Å². The molecule has 1 saturated heterocycles. The van der Waals surface area contributed by atoms with Crippen molar-refractivity contribution in [3.63, 3.8) is 0 Å². The fraction of sp³-hybridized carbons (Fsp3) is 0.391. The van der Waals surface area contributed by atoms with Crippen molar-refractivity contribution in [3.8, 4) is 0 Å². The molecule has 0 saturated carbocycles. The Hall–Kier alpha value is -2.50. The standard InChI is InChI=1S/C23H28N4O/c1-2-5-23-19(4-1)9-17-28-27(23)12-3-11-25-13-15-26(16-14-25)21-6-7-22-20(18-21)8-10-24-22/h1-2,4-8,10,18,24H,3,9,11-17H2. The summed E-state index contributed by atoms with van der Waals surface area (Å²) in [5.74, 6) is 0. The number of hydroxylamine groups is 1. The predicted octanol–water partition coefficient (Wildman–Crippen LogP) is 3.67. The minimum Gasteiger partial charge on any atom is -0.369 e. The van der Waals surface area contributed by atoms with Crippen molar-refractivity contribution >= 4 is 22.3 Å². The third-order valence-electron chi connectivity index (χ3n) is 5.99. The maximum atomic E-state index is 5.90. The van der Waals surface area contributed by atoms with Crippen LogP contribution < -0.4 is 9.96 Å². The van der Waals surface area contributed by atoms with Gasteiger partial charge in [-0.25, -0.2) is 0 Å². The summed E-state index contributed by atoms with van der Waals surface area (Å²) in [4.78, 5) is 14.3. The van der Waals surface area contributed by atoms with E-state index < -0.39 is 0 Å². The number of para-hydroxylation sites is 1. The molecule has 2 aliphatic rings. The Labute approximate surface area is 166 Å². The minimum absolute atomic E-state index is 0.793. The number of H-pyrrole nitrogens is 1. The lowest BCUT2D eigenvalue weighted by Gasteiger charge is -2.37. The Bertz CT molecular complexity index is 929. The molecule has 1 aromatic heterocycles. The summed E-state index contributed by atoms with van der Waals surface area (Å²) < 4.78 is 0. The fourth-order valence-corrected chi connectivity index (χ4v) is 4.39. The predicted molar refractivity (Wildman–Crippen MR) is 115 cm³/mol. The molecular weight excluding hydrogens is 348 g/mol. The Morgan fingerprint density at radius 1 is 0.929 bits per heavy atom. The molecule has 28 heavy (non-hydrogen) atoms. The first-order chi connectivity index (χ1) is 13.9. The zero-order valence-corrected chi connectivity index (χ0v) is 16.3. The summed E-state index contributed by atoms with van der Waals surface area (Å²) in [5, 5.41) is 3.39. The topological polar surface area (TPSA) is 34.7 Å². The number of nitrogens with one attached hydrogen (secondary N) is 1. The van der Waals surface area contributed by atoms with E-state index >= 15 is 0 Å². The van der Waals surface area contributed by atoms with E-state index in [1.54, 1.807) is 0 Å². The largest absolute Gasteiger partial charge is 0.369 e. The Morgan fingerprint density at radius 3 is 2.75 bits per heavy atom. The smallest absolute Gasteiger partial charge is 0.0789 e.